The first-order valence-corrected chi connectivity index (χ1v) is 8.97. The van der Waals surface area contributed by atoms with Gasteiger partial charge in [0.2, 0.25) is 5.95 Å². The molecule has 146 valence electrons. The Morgan fingerprint density at radius 1 is 1.29 bits per heavy atom. The quantitative estimate of drug-likeness (QED) is 0.479. The lowest BCUT2D eigenvalue weighted by molar-refractivity contribution is 0.0526. The molecule has 1 aromatic heterocycles. The molecule has 2 unspecified atom stereocenters. The van der Waals surface area contributed by atoms with Gasteiger partial charge in [0.15, 0.2) is 0 Å². The Bertz CT molecular complexity index is 848. The number of aromatic nitrogens is 2. The maximum Gasteiger partial charge on any atom is 0.338 e. The van der Waals surface area contributed by atoms with Gasteiger partial charge in [-0.25, -0.2) is 4.79 Å². The third kappa shape index (κ3) is 3.96. The van der Waals surface area contributed by atoms with Gasteiger partial charge in [-0.15, -0.1) is 0 Å². The van der Waals surface area contributed by atoms with Crippen molar-refractivity contribution in [3.63, 3.8) is 0 Å². The largest absolute Gasteiger partial charge is 0.462 e. The molecule has 5 N–H and O–H groups in total. The van der Waals surface area contributed by atoms with Crippen LogP contribution >= 0.6 is 0 Å². The van der Waals surface area contributed by atoms with Gasteiger partial charge in [0.05, 0.1) is 12.2 Å². The number of ether oxygens (including phenoxy) is 1. The van der Waals surface area contributed by atoms with Crippen molar-refractivity contribution in [1.82, 2.24) is 9.97 Å². The second-order valence-electron chi connectivity index (χ2n) is 6.51. The van der Waals surface area contributed by atoms with E-state index in [9.17, 15) is 4.79 Å². The molecular formula is C18H23BN6O3. The fourth-order valence-corrected chi connectivity index (χ4v) is 3.32. The number of esters is 1. The van der Waals surface area contributed by atoms with Crippen LogP contribution in [0.2, 0.25) is 0 Å². The highest BCUT2D eigenvalue weighted by Gasteiger charge is 2.35. The maximum absolute atomic E-state index is 11.8. The molecule has 2 radical (unpaired) electrons. The minimum Gasteiger partial charge on any atom is -0.462 e. The Hall–Kier alpha value is -3.01. The van der Waals surface area contributed by atoms with Crippen LogP contribution in [-0.2, 0) is 9.39 Å². The molecule has 0 aliphatic carbocycles. The van der Waals surface area contributed by atoms with Crippen LogP contribution < -0.4 is 21.7 Å². The van der Waals surface area contributed by atoms with Gasteiger partial charge in [-0.3, -0.25) is 0 Å². The highest BCUT2D eigenvalue weighted by Crippen LogP contribution is 2.40. The molecule has 0 bridgehead atoms. The highest BCUT2D eigenvalue weighted by molar-refractivity contribution is 5.98. The van der Waals surface area contributed by atoms with Crippen molar-refractivity contribution in [3.05, 3.63) is 35.4 Å². The number of hydrogen-bond acceptors (Lipinski definition) is 9. The van der Waals surface area contributed by atoms with Crippen LogP contribution in [0.4, 0.5) is 23.3 Å². The lowest BCUT2D eigenvalue weighted by Gasteiger charge is -2.24. The average molecular weight is 382 g/mol. The Morgan fingerprint density at radius 2 is 2.00 bits per heavy atom. The molecule has 2 heterocycles. The van der Waals surface area contributed by atoms with Crippen molar-refractivity contribution in [2.75, 3.05) is 41.9 Å². The van der Waals surface area contributed by atoms with Crippen LogP contribution in [0.15, 0.2) is 24.3 Å². The van der Waals surface area contributed by atoms with E-state index in [1.165, 1.54) is 0 Å². The summed E-state index contributed by atoms with van der Waals surface area (Å²) in [5, 5.41) is 3.08. The topological polar surface area (TPSA) is 129 Å². The number of carbonyl (C=O) groups is 1. The second-order valence-corrected chi connectivity index (χ2v) is 6.51. The predicted octanol–water partition coefficient (Wildman–Crippen LogP) is 1.28. The van der Waals surface area contributed by atoms with Crippen molar-refractivity contribution in [3.8, 4) is 0 Å². The molecule has 28 heavy (non-hydrogen) atoms. The van der Waals surface area contributed by atoms with E-state index in [4.69, 9.17) is 28.9 Å². The molecular weight excluding hydrogens is 359 g/mol. The van der Waals surface area contributed by atoms with Crippen LogP contribution in [0.25, 0.3) is 0 Å². The summed E-state index contributed by atoms with van der Waals surface area (Å²) < 4.78 is 10.1. The van der Waals surface area contributed by atoms with Gasteiger partial charge in [0, 0.05) is 30.8 Å². The summed E-state index contributed by atoms with van der Waals surface area (Å²) >= 11 is 0. The van der Waals surface area contributed by atoms with Crippen molar-refractivity contribution >= 4 is 37.3 Å². The van der Waals surface area contributed by atoms with Crippen LogP contribution in [-0.4, -0.2) is 50.4 Å². The standard InChI is InChI=1S/C18H23BN6O3/c1-3-27-17(26)10-4-6-11(7-5-10)25(2)9-8-12-13-14(20)22-18(21)24-15(13)23-16(12)28-19/h4-7,12,16H,3,8-9H2,1-2H3,(H5,20,21,22,23,24). The first-order valence-electron chi connectivity index (χ1n) is 8.97. The summed E-state index contributed by atoms with van der Waals surface area (Å²) in [5.41, 5.74) is 13.9. The predicted molar refractivity (Wildman–Crippen MR) is 108 cm³/mol. The minimum atomic E-state index is -0.465. The number of benzene rings is 1. The van der Waals surface area contributed by atoms with Crippen LogP contribution in [0, 0.1) is 0 Å². The van der Waals surface area contributed by atoms with E-state index < -0.39 is 6.23 Å². The number of nitrogen functional groups attached to an aromatic ring is 2. The van der Waals surface area contributed by atoms with Crippen molar-refractivity contribution in [1.29, 1.82) is 0 Å². The van der Waals surface area contributed by atoms with E-state index in [2.05, 4.69) is 20.2 Å². The summed E-state index contributed by atoms with van der Waals surface area (Å²) in [7, 11) is 7.40. The van der Waals surface area contributed by atoms with Crippen LogP contribution in [0.3, 0.4) is 0 Å². The molecule has 3 rings (SSSR count). The number of nitrogens with one attached hydrogen (secondary N) is 1. The van der Waals surface area contributed by atoms with E-state index in [-0.39, 0.29) is 17.8 Å². The summed E-state index contributed by atoms with van der Waals surface area (Å²) in [4.78, 5) is 22.0. The van der Waals surface area contributed by atoms with Gasteiger partial charge in [-0.2, -0.15) is 9.97 Å². The maximum atomic E-state index is 11.8. The van der Waals surface area contributed by atoms with E-state index in [1.807, 2.05) is 19.2 Å². The zero-order chi connectivity index (χ0) is 20.3. The highest BCUT2D eigenvalue weighted by atomic mass is 16.5. The lowest BCUT2D eigenvalue weighted by atomic mass is 9.97. The van der Waals surface area contributed by atoms with Gasteiger partial charge in [0.25, 0.3) is 8.05 Å². The average Bonchev–Trinajstić information content (AvgIpc) is 3.04. The van der Waals surface area contributed by atoms with Crippen molar-refractivity contribution in [2.24, 2.45) is 0 Å². The number of nitrogens with zero attached hydrogens (tertiary/aromatic N) is 3. The second kappa shape index (κ2) is 8.34. The normalized spacial score (nSPS) is 17.6. The fraction of sp³-hybridized carbons (Fsp3) is 0.389. The molecule has 9 nitrogen and oxygen atoms in total. The first-order chi connectivity index (χ1) is 13.4. The zero-order valence-electron chi connectivity index (χ0n) is 15.9. The third-order valence-corrected chi connectivity index (χ3v) is 4.75. The summed E-state index contributed by atoms with van der Waals surface area (Å²) in [6.45, 7) is 2.81. The molecule has 0 saturated heterocycles. The van der Waals surface area contributed by atoms with Crippen LogP contribution in [0.1, 0.15) is 35.2 Å². The van der Waals surface area contributed by atoms with Gasteiger partial charge < -0.3 is 31.1 Å². The first kappa shape index (κ1) is 19.7. The number of nitrogens with two attached hydrogens (primary N) is 2. The van der Waals surface area contributed by atoms with Gasteiger partial charge in [0.1, 0.15) is 17.9 Å². The molecule has 0 fully saturated rings. The van der Waals surface area contributed by atoms with E-state index in [0.29, 0.717) is 36.8 Å². The monoisotopic (exact) mass is 382 g/mol. The summed E-state index contributed by atoms with van der Waals surface area (Å²) in [6.07, 6.45) is 0.225. The molecule has 2 atom stereocenters. The molecule has 0 amide bonds. The Labute approximate surface area is 164 Å². The SMILES string of the molecule is [B]OC1Nc2nc(N)nc(N)c2C1CCN(C)c1ccc(C(=O)OCC)cc1. The third-order valence-electron chi connectivity index (χ3n) is 4.75. The lowest BCUT2D eigenvalue weighted by Crippen LogP contribution is -2.28. The Balaban J connectivity index is 1.69. The smallest absolute Gasteiger partial charge is 0.338 e. The summed E-state index contributed by atoms with van der Waals surface area (Å²) in [6, 6.07) is 7.25. The van der Waals surface area contributed by atoms with Gasteiger partial charge in [-0.1, -0.05) is 0 Å². The van der Waals surface area contributed by atoms with E-state index in [1.54, 1.807) is 19.1 Å². The van der Waals surface area contributed by atoms with Crippen molar-refractivity contribution in [2.45, 2.75) is 25.5 Å². The minimum absolute atomic E-state index is 0.0963. The number of hydrogen-bond donors (Lipinski definition) is 3. The summed E-state index contributed by atoms with van der Waals surface area (Å²) in [5.74, 6) is 0.511. The number of carbonyl (C=O) groups excluding carboxylic acids is 1. The molecule has 1 aliphatic rings. The van der Waals surface area contributed by atoms with Crippen LogP contribution in [0.5, 0.6) is 0 Å². The molecule has 0 spiro atoms. The number of anilines is 4. The zero-order valence-corrected chi connectivity index (χ0v) is 15.9. The van der Waals surface area contributed by atoms with Crippen molar-refractivity contribution < 1.29 is 14.2 Å². The molecule has 10 heteroatoms. The Morgan fingerprint density at radius 3 is 2.64 bits per heavy atom. The van der Waals surface area contributed by atoms with E-state index >= 15 is 0 Å². The molecule has 0 saturated carbocycles. The molecule has 1 aromatic carbocycles. The molecule has 1 aliphatic heterocycles. The number of rotatable bonds is 7. The Kier molecular flexibility index (Phi) is 5.88. The van der Waals surface area contributed by atoms with E-state index in [0.717, 1.165) is 11.3 Å². The van der Waals surface area contributed by atoms with Gasteiger partial charge in [-0.05, 0) is 37.6 Å². The fourth-order valence-electron chi connectivity index (χ4n) is 3.32. The van der Waals surface area contributed by atoms with Gasteiger partial charge >= 0.3 is 5.97 Å². The molecule has 2 aromatic rings. The number of fused-ring (bicyclic) bond motifs is 1.